The number of hydrogen-bond acceptors (Lipinski definition) is 4. The minimum absolute atomic E-state index is 0.301. The van der Waals surface area contributed by atoms with Gasteiger partial charge in [0.25, 0.3) is 5.91 Å². The van der Waals surface area contributed by atoms with E-state index in [0.717, 1.165) is 0 Å². The lowest BCUT2D eigenvalue weighted by atomic mass is 10.0. The van der Waals surface area contributed by atoms with Crippen molar-refractivity contribution in [3.05, 3.63) is 35.4 Å². The largest absolute Gasteiger partial charge is 0.481 e. The zero-order valence-corrected chi connectivity index (χ0v) is 10.7. The maximum Gasteiger partial charge on any atom is 0.326 e. The van der Waals surface area contributed by atoms with Crippen LogP contribution in [-0.4, -0.2) is 40.6 Å². The van der Waals surface area contributed by atoms with Gasteiger partial charge in [0.15, 0.2) is 0 Å². The van der Waals surface area contributed by atoms with E-state index >= 15 is 0 Å². The number of nitrogens with two attached hydrogens (primary N) is 1. The Morgan fingerprint density at radius 3 is 2.40 bits per heavy atom. The fourth-order valence-corrected chi connectivity index (χ4v) is 1.73. The number of carboxylic acid groups (broad SMARTS) is 2. The number of rotatable bonds is 7. The summed E-state index contributed by atoms with van der Waals surface area (Å²) in [5.74, 6) is -3.31. The molecule has 0 fully saturated rings. The van der Waals surface area contributed by atoms with Gasteiger partial charge >= 0.3 is 11.9 Å². The normalized spacial score (nSPS) is 11.7. The van der Waals surface area contributed by atoms with Gasteiger partial charge in [-0.25, -0.2) is 4.79 Å². The Morgan fingerprint density at radius 2 is 1.85 bits per heavy atom. The molecule has 108 valence electrons. The number of benzene rings is 1. The minimum Gasteiger partial charge on any atom is -0.481 e. The highest BCUT2D eigenvalue weighted by Crippen LogP contribution is 2.10. The highest BCUT2D eigenvalue weighted by molar-refractivity contribution is 5.98. The monoisotopic (exact) mass is 280 g/mol. The molecule has 0 spiro atoms. The first kappa shape index (κ1) is 15.6. The van der Waals surface area contributed by atoms with Crippen LogP contribution >= 0.6 is 0 Å². The molecule has 0 aliphatic carbocycles. The molecule has 0 bridgehead atoms. The van der Waals surface area contributed by atoms with Gasteiger partial charge in [-0.15, -0.1) is 0 Å². The highest BCUT2D eigenvalue weighted by atomic mass is 16.4. The molecular weight excluding hydrogens is 264 g/mol. The van der Waals surface area contributed by atoms with Crippen molar-refractivity contribution in [1.29, 1.82) is 0 Å². The third kappa shape index (κ3) is 4.36. The van der Waals surface area contributed by atoms with Crippen LogP contribution in [0.15, 0.2) is 24.3 Å². The first-order valence-corrected chi connectivity index (χ1v) is 5.99. The van der Waals surface area contributed by atoms with E-state index in [-0.39, 0.29) is 0 Å². The number of nitrogens with one attached hydrogen (secondary N) is 1. The van der Waals surface area contributed by atoms with Crippen molar-refractivity contribution in [3.63, 3.8) is 0 Å². The number of amides is 1. The molecule has 1 rings (SSSR count). The van der Waals surface area contributed by atoms with Crippen LogP contribution in [0.5, 0.6) is 0 Å². The van der Waals surface area contributed by atoms with Gasteiger partial charge in [-0.05, 0) is 24.6 Å². The third-order valence-electron chi connectivity index (χ3n) is 2.66. The topological polar surface area (TPSA) is 130 Å². The van der Waals surface area contributed by atoms with E-state index in [1.165, 1.54) is 0 Å². The van der Waals surface area contributed by atoms with Gasteiger partial charge in [0.1, 0.15) is 6.04 Å². The predicted molar refractivity (Wildman–Crippen MR) is 70.3 cm³/mol. The average molecular weight is 280 g/mol. The summed E-state index contributed by atoms with van der Waals surface area (Å²) in [7, 11) is 0. The van der Waals surface area contributed by atoms with Gasteiger partial charge in [0, 0.05) is 5.56 Å². The first-order valence-electron chi connectivity index (χ1n) is 5.99. The van der Waals surface area contributed by atoms with Crippen LogP contribution in [-0.2, 0) is 16.0 Å². The number of hydrogen-bond donors (Lipinski definition) is 4. The Hall–Kier alpha value is -2.41. The van der Waals surface area contributed by atoms with E-state index in [1.54, 1.807) is 24.3 Å². The standard InChI is InChI=1S/C13H16N2O5/c14-6-5-8-3-1-2-4-9(8)12(18)15-10(13(19)20)7-11(16)17/h1-4,10H,5-7,14H2,(H,15,18)(H,16,17)(H,19,20). The lowest BCUT2D eigenvalue weighted by molar-refractivity contribution is -0.145. The average Bonchev–Trinajstić information content (AvgIpc) is 2.38. The molecule has 0 heterocycles. The molecule has 0 saturated carbocycles. The Labute approximate surface area is 115 Å². The van der Waals surface area contributed by atoms with Crippen molar-refractivity contribution in [2.24, 2.45) is 5.73 Å². The van der Waals surface area contributed by atoms with E-state index < -0.39 is 30.3 Å². The number of carboxylic acids is 2. The molecule has 0 saturated heterocycles. The first-order chi connectivity index (χ1) is 9.45. The molecule has 20 heavy (non-hydrogen) atoms. The smallest absolute Gasteiger partial charge is 0.326 e. The summed E-state index contributed by atoms with van der Waals surface area (Å²) < 4.78 is 0. The molecule has 1 aromatic carbocycles. The van der Waals surface area contributed by atoms with Crippen molar-refractivity contribution in [1.82, 2.24) is 5.32 Å². The number of aliphatic carboxylic acids is 2. The highest BCUT2D eigenvalue weighted by Gasteiger charge is 2.24. The summed E-state index contributed by atoms with van der Waals surface area (Å²) in [4.78, 5) is 33.5. The molecule has 1 atom stereocenters. The van der Waals surface area contributed by atoms with Gasteiger partial charge in [-0.1, -0.05) is 18.2 Å². The zero-order chi connectivity index (χ0) is 15.1. The minimum atomic E-state index is -1.47. The molecule has 0 aliphatic rings. The van der Waals surface area contributed by atoms with E-state index in [4.69, 9.17) is 15.9 Å². The summed E-state index contributed by atoms with van der Waals surface area (Å²) >= 11 is 0. The SMILES string of the molecule is NCCc1ccccc1C(=O)NC(CC(=O)O)C(=O)O. The number of carbonyl (C=O) groups is 3. The van der Waals surface area contributed by atoms with E-state index in [2.05, 4.69) is 5.32 Å². The van der Waals surface area contributed by atoms with Crippen molar-refractivity contribution < 1.29 is 24.6 Å². The van der Waals surface area contributed by atoms with Crippen LogP contribution in [0.4, 0.5) is 0 Å². The summed E-state index contributed by atoms with van der Waals surface area (Å²) in [6.07, 6.45) is -0.208. The zero-order valence-electron chi connectivity index (χ0n) is 10.7. The van der Waals surface area contributed by atoms with Gasteiger partial charge in [0.2, 0.25) is 0 Å². The van der Waals surface area contributed by atoms with Crippen LogP contribution in [0.25, 0.3) is 0 Å². The van der Waals surface area contributed by atoms with E-state index in [0.29, 0.717) is 24.1 Å². The van der Waals surface area contributed by atoms with Crippen LogP contribution in [0.2, 0.25) is 0 Å². The second-order valence-corrected chi connectivity index (χ2v) is 4.16. The van der Waals surface area contributed by atoms with Crippen molar-refractivity contribution in [3.8, 4) is 0 Å². The molecule has 1 unspecified atom stereocenters. The predicted octanol–water partition coefficient (Wildman–Crippen LogP) is -0.154. The summed E-state index contributed by atoms with van der Waals surface area (Å²) in [6.45, 7) is 0.349. The fraction of sp³-hybridized carbons (Fsp3) is 0.308. The molecule has 0 radical (unpaired) electrons. The quantitative estimate of drug-likeness (QED) is 0.549. The second kappa shape index (κ2) is 7.25. The lowest BCUT2D eigenvalue weighted by Gasteiger charge is -2.14. The molecular formula is C13H16N2O5. The summed E-state index contributed by atoms with van der Waals surface area (Å²) in [5.41, 5.74) is 6.43. The summed E-state index contributed by atoms with van der Waals surface area (Å²) in [6, 6.07) is 5.18. The third-order valence-corrected chi connectivity index (χ3v) is 2.66. The molecule has 0 aromatic heterocycles. The van der Waals surface area contributed by atoms with Crippen LogP contribution in [0.3, 0.4) is 0 Å². The van der Waals surface area contributed by atoms with Gasteiger partial charge in [-0.2, -0.15) is 0 Å². The van der Waals surface area contributed by atoms with Gasteiger partial charge in [0.05, 0.1) is 6.42 Å². The van der Waals surface area contributed by atoms with Gasteiger partial charge in [-0.3, -0.25) is 9.59 Å². The Balaban J connectivity index is 2.88. The van der Waals surface area contributed by atoms with Crippen molar-refractivity contribution in [2.45, 2.75) is 18.9 Å². The maximum atomic E-state index is 12.0. The second-order valence-electron chi connectivity index (χ2n) is 4.16. The Kier molecular flexibility index (Phi) is 5.67. The molecule has 5 N–H and O–H groups in total. The molecule has 7 nitrogen and oxygen atoms in total. The maximum absolute atomic E-state index is 12.0. The Morgan fingerprint density at radius 1 is 1.20 bits per heavy atom. The molecule has 1 aromatic rings. The number of carbonyl (C=O) groups excluding carboxylic acids is 1. The van der Waals surface area contributed by atoms with Crippen LogP contribution in [0.1, 0.15) is 22.3 Å². The lowest BCUT2D eigenvalue weighted by Crippen LogP contribution is -2.42. The summed E-state index contributed by atoms with van der Waals surface area (Å²) in [5, 5.41) is 19.7. The molecule has 1 amide bonds. The van der Waals surface area contributed by atoms with E-state index in [1.807, 2.05) is 0 Å². The van der Waals surface area contributed by atoms with Crippen molar-refractivity contribution >= 4 is 17.8 Å². The molecule has 7 heteroatoms. The van der Waals surface area contributed by atoms with Gasteiger partial charge < -0.3 is 21.3 Å². The van der Waals surface area contributed by atoms with E-state index in [9.17, 15) is 14.4 Å². The van der Waals surface area contributed by atoms with Crippen LogP contribution in [0, 0.1) is 0 Å². The Bertz CT molecular complexity index is 515. The fourth-order valence-electron chi connectivity index (χ4n) is 1.73. The van der Waals surface area contributed by atoms with Crippen LogP contribution < -0.4 is 11.1 Å². The van der Waals surface area contributed by atoms with Crippen molar-refractivity contribution in [2.75, 3.05) is 6.54 Å². The molecule has 0 aliphatic heterocycles.